The van der Waals surface area contributed by atoms with Crippen molar-refractivity contribution in [2.24, 2.45) is 0 Å². The van der Waals surface area contributed by atoms with Crippen molar-refractivity contribution >= 4 is 0 Å². The lowest BCUT2D eigenvalue weighted by Gasteiger charge is -2.20. The van der Waals surface area contributed by atoms with Crippen LogP contribution >= 0.6 is 0 Å². The van der Waals surface area contributed by atoms with Crippen LogP contribution in [0, 0.1) is 6.92 Å². The second-order valence-electron chi connectivity index (χ2n) is 5.32. The molecule has 0 heterocycles. The van der Waals surface area contributed by atoms with Crippen molar-refractivity contribution < 1.29 is 4.74 Å². The molecule has 20 heavy (non-hydrogen) atoms. The van der Waals surface area contributed by atoms with Crippen LogP contribution in [0.5, 0.6) is 5.75 Å². The number of hydrogen-bond acceptors (Lipinski definition) is 1. The minimum Gasteiger partial charge on any atom is -0.496 e. The molecule has 0 bridgehead atoms. The van der Waals surface area contributed by atoms with Gasteiger partial charge in [0.25, 0.3) is 0 Å². The fraction of sp³-hybridized carbons (Fsp3) is 0.263. The lowest BCUT2D eigenvalue weighted by molar-refractivity contribution is 0.409. The molecule has 0 fully saturated rings. The van der Waals surface area contributed by atoms with E-state index < -0.39 is 0 Å². The highest BCUT2D eigenvalue weighted by Gasteiger charge is 2.18. The van der Waals surface area contributed by atoms with Crippen LogP contribution in [0.4, 0.5) is 0 Å². The Balaban J connectivity index is 2.62. The van der Waals surface area contributed by atoms with Crippen LogP contribution in [0.25, 0.3) is 0 Å². The summed E-state index contributed by atoms with van der Waals surface area (Å²) in [6, 6.07) is 16.8. The van der Waals surface area contributed by atoms with Crippen molar-refractivity contribution in [2.75, 3.05) is 7.11 Å². The molecule has 0 saturated carbocycles. The second-order valence-corrected chi connectivity index (χ2v) is 5.32. The second kappa shape index (κ2) is 6.42. The van der Waals surface area contributed by atoms with E-state index >= 15 is 0 Å². The number of benzene rings is 2. The monoisotopic (exact) mass is 266 g/mol. The molecule has 0 aromatic heterocycles. The van der Waals surface area contributed by atoms with Gasteiger partial charge in [0.15, 0.2) is 0 Å². The maximum atomic E-state index is 5.58. The van der Waals surface area contributed by atoms with Crippen molar-refractivity contribution in [2.45, 2.75) is 26.7 Å². The predicted octanol–water partition coefficient (Wildman–Crippen LogP) is 5.10. The molecule has 1 heteroatoms. The van der Waals surface area contributed by atoms with Gasteiger partial charge < -0.3 is 4.74 Å². The van der Waals surface area contributed by atoms with Gasteiger partial charge in [0.2, 0.25) is 0 Å². The SMILES string of the molecule is COc1cccc(C)c1C(C=C(C)C)c1ccccc1. The normalized spacial score (nSPS) is 11.8. The minimum absolute atomic E-state index is 0.234. The average Bonchev–Trinajstić information content (AvgIpc) is 2.45. The first-order valence-electron chi connectivity index (χ1n) is 6.97. The molecule has 0 saturated heterocycles. The van der Waals surface area contributed by atoms with Gasteiger partial charge in [-0.25, -0.2) is 0 Å². The van der Waals surface area contributed by atoms with Crippen LogP contribution < -0.4 is 4.74 Å². The molecule has 1 unspecified atom stereocenters. The predicted molar refractivity (Wildman–Crippen MR) is 85.4 cm³/mol. The van der Waals surface area contributed by atoms with E-state index in [0.717, 1.165) is 5.75 Å². The molecular formula is C19H22O. The first-order valence-corrected chi connectivity index (χ1v) is 6.97. The Morgan fingerprint density at radius 2 is 1.70 bits per heavy atom. The van der Waals surface area contributed by atoms with Gasteiger partial charge in [-0.2, -0.15) is 0 Å². The summed E-state index contributed by atoms with van der Waals surface area (Å²) in [4.78, 5) is 0. The zero-order valence-electron chi connectivity index (χ0n) is 12.7. The Hall–Kier alpha value is -2.02. The van der Waals surface area contributed by atoms with E-state index in [-0.39, 0.29) is 5.92 Å². The quantitative estimate of drug-likeness (QED) is 0.699. The summed E-state index contributed by atoms with van der Waals surface area (Å²) in [6.07, 6.45) is 2.31. The Bertz CT molecular complexity index is 592. The third-order valence-electron chi connectivity index (χ3n) is 3.47. The van der Waals surface area contributed by atoms with Crippen LogP contribution in [0.1, 0.15) is 36.5 Å². The molecule has 2 aromatic rings. The molecule has 2 rings (SSSR count). The van der Waals surface area contributed by atoms with Gasteiger partial charge in [0, 0.05) is 11.5 Å². The molecule has 0 spiro atoms. The van der Waals surface area contributed by atoms with Crippen molar-refractivity contribution in [3.63, 3.8) is 0 Å². The van der Waals surface area contributed by atoms with Gasteiger partial charge >= 0.3 is 0 Å². The van der Waals surface area contributed by atoms with Crippen LogP contribution in [-0.4, -0.2) is 7.11 Å². The number of methoxy groups -OCH3 is 1. The lowest BCUT2D eigenvalue weighted by atomic mass is 9.86. The van der Waals surface area contributed by atoms with Gasteiger partial charge in [0.1, 0.15) is 5.75 Å². The molecule has 0 aliphatic carbocycles. The first-order chi connectivity index (χ1) is 9.63. The Morgan fingerprint density at radius 3 is 2.30 bits per heavy atom. The molecule has 1 atom stereocenters. The molecular weight excluding hydrogens is 244 g/mol. The molecule has 0 aliphatic heterocycles. The van der Waals surface area contributed by atoms with Crippen molar-refractivity contribution in [1.29, 1.82) is 0 Å². The number of rotatable bonds is 4. The molecule has 0 amide bonds. The maximum absolute atomic E-state index is 5.58. The fourth-order valence-electron chi connectivity index (χ4n) is 2.57. The van der Waals surface area contributed by atoms with Crippen LogP contribution in [-0.2, 0) is 0 Å². The van der Waals surface area contributed by atoms with E-state index in [1.54, 1.807) is 7.11 Å². The van der Waals surface area contributed by atoms with Gasteiger partial charge in [-0.15, -0.1) is 0 Å². The van der Waals surface area contributed by atoms with Crippen molar-refractivity contribution in [1.82, 2.24) is 0 Å². The summed E-state index contributed by atoms with van der Waals surface area (Å²) in [5.74, 6) is 1.19. The molecule has 0 aliphatic rings. The highest BCUT2D eigenvalue weighted by atomic mass is 16.5. The smallest absolute Gasteiger partial charge is 0.123 e. The number of hydrogen-bond donors (Lipinski definition) is 0. The summed E-state index contributed by atoms with van der Waals surface area (Å²) in [5.41, 5.74) is 5.11. The van der Waals surface area contributed by atoms with Crippen LogP contribution in [0.3, 0.4) is 0 Å². The van der Waals surface area contributed by atoms with Gasteiger partial charge in [0.05, 0.1) is 7.11 Å². The molecule has 104 valence electrons. The van der Waals surface area contributed by atoms with Gasteiger partial charge in [-0.05, 0) is 38.0 Å². The Labute approximate surface area is 121 Å². The van der Waals surface area contributed by atoms with Crippen LogP contribution in [0.15, 0.2) is 60.2 Å². The average molecular weight is 266 g/mol. The van der Waals surface area contributed by atoms with E-state index in [1.165, 1.54) is 22.3 Å². The highest BCUT2D eigenvalue weighted by molar-refractivity contribution is 5.49. The molecule has 2 aromatic carbocycles. The maximum Gasteiger partial charge on any atom is 0.123 e. The minimum atomic E-state index is 0.234. The lowest BCUT2D eigenvalue weighted by Crippen LogP contribution is -2.04. The summed E-state index contributed by atoms with van der Waals surface area (Å²) < 4.78 is 5.58. The third kappa shape index (κ3) is 3.11. The van der Waals surface area contributed by atoms with Gasteiger partial charge in [-0.1, -0.05) is 54.1 Å². The van der Waals surface area contributed by atoms with Gasteiger partial charge in [-0.3, -0.25) is 0 Å². The number of aryl methyl sites for hydroxylation is 1. The van der Waals surface area contributed by atoms with E-state index in [0.29, 0.717) is 0 Å². The summed E-state index contributed by atoms with van der Waals surface area (Å²) in [5, 5.41) is 0. The zero-order valence-corrected chi connectivity index (χ0v) is 12.7. The summed E-state index contributed by atoms with van der Waals surface area (Å²) in [7, 11) is 1.74. The first kappa shape index (κ1) is 14.4. The number of ether oxygens (including phenoxy) is 1. The van der Waals surface area contributed by atoms with Crippen molar-refractivity contribution in [3.8, 4) is 5.75 Å². The highest BCUT2D eigenvalue weighted by Crippen LogP contribution is 2.36. The molecule has 0 N–H and O–H groups in total. The zero-order chi connectivity index (χ0) is 14.5. The largest absolute Gasteiger partial charge is 0.496 e. The van der Waals surface area contributed by atoms with E-state index in [1.807, 2.05) is 12.1 Å². The summed E-state index contributed by atoms with van der Waals surface area (Å²) in [6.45, 7) is 6.42. The van der Waals surface area contributed by atoms with E-state index in [2.05, 4.69) is 63.2 Å². The standard InChI is InChI=1S/C19H22O/c1-14(2)13-17(16-10-6-5-7-11-16)19-15(3)9-8-12-18(19)20-4/h5-13,17H,1-4H3. The topological polar surface area (TPSA) is 9.23 Å². The fourth-order valence-corrected chi connectivity index (χ4v) is 2.57. The van der Waals surface area contributed by atoms with Crippen LogP contribution in [0.2, 0.25) is 0 Å². The van der Waals surface area contributed by atoms with E-state index in [9.17, 15) is 0 Å². The Morgan fingerprint density at radius 1 is 1.00 bits per heavy atom. The number of allylic oxidation sites excluding steroid dienone is 2. The van der Waals surface area contributed by atoms with Crippen molar-refractivity contribution in [3.05, 3.63) is 76.9 Å². The molecule has 1 nitrogen and oxygen atoms in total. The Kier molecular flexibility index (Phi) is 4.62. The molecule has 0 radical (unpaired) electrons. The third-order valence-corrected chi connectivity index (χ3v) is 3.47. The van der Waals surface area contributed by atoms with E-state index in [4.69, 9.17) is 4.74 Å². The summed E-state index contributed by atoms with van der Waals surface area (Å²) >= 11 is 0.